The summed E-state index contributed by atoms with van der Waals surface area (Å²) in [7, 11) is -13.4. The molecule has 0 saturated carbocycles. The van der Waals surface area contributed by atoms with Crippen molar-refractivity contribution in [2.45, 2.75) is 73.9 Å². The highest BCUT2D eigenvalue weighted by Crippen LogP contribution is 2.71. The molecule has 5 aromatic rings. The predicted molar refractivity (Wildman–Crippen MR) is 246 cm³/mol. The molecule has 36 nitrogen and oxygen atoms in total. The Morgan fingerprint density at radius 1 is 0.813 bits per heavy atom. The van der Waals surface area contributed by atoms with E-state index in [9.17, 15) is 62.6 Å². The molecule has 3 saturated heterocycles. The summed E-state index contributed by atoms with van der Waals surface area (Å²) in [6.45, 7) is -8.28. The standard InChI is InChI=1S/C34H48N12O24P4S/c1-43-13-46(28-20(43)29(51)42-33(36)41-28)30-21(48)14(5-7-60-2)15(65-30)8-63-72(55,56)69-73(57,58)70-74(59,75)64-10-17-24(25(61-3)32(67-17)45-12-39-19-26(35)37-11-38-27(19)45)68-71(53,54)62-9-16-22(49)23(50)31(66-16)44-6-4-18(47)40-34(44)52/h4,6,11-17,21-25,30-32,48-50H,5,7-10H2,1-3H3,(H9-,35,36,37,38,40,41,42,47,51,52,53,54,55,56,57,58,59,75)/t14-,15-,16-,17-,21-,22-,23-,24-,25-,30?,31-,32-,74?/m1/s1. The molecule has 41 heteroatoms. The van der Waals surface area contributed by atoms with Gasteiger partial charge in [-0.05, 0) is 6.42 Å². The van der Waals surface area contributed by atoms with Crippen LogP contribution in [0.5, 0.6) is 0 Å². The SMILES string of the molecule is COCC[C@@H]1[C@@H](COP(=O)(O)OP(=O)(O)OP(=O)(S)OC[C@H]2O[C@@H](n3cnc4c(N)ncnc43)[C@H](OC)[C@@H]2OP(=O)([O-])OC[C@H]2O[C@@H](n3ccc(=O)[nH]c3=O)[C@H](O)[C@@H]2O)OC(n2c[n+](C)c3c(=O)[nH]c(N)nc32)[C@@H]1O. The lowest BCUT2D eigenvalue weighted by atomic mass is 9.95. The second-order valence-corrected chi connectivity index (χ2v) is 24.1. The average Bonchev–Trinajstić information content (AvgIpc) is 4.12. The van der Waals surface area contributed by atoms with Gasteiger partial charge < -0.3 is 74.2 Å². The van der Waals surface area contributed by atoms with Crippen LogP contribution in [0, 0.1) is 5.92 Å². The number of rotatable bonds is 22. The number of aryl methyl sites for hydroxylation is 1. The van der Waals surface area contributed by atoms with Gasteiger partial charge in [-0.25, -0.2) is 38.0 Å². The third-order valence-corrected chi connectivity index (χ3v) is 18.0. The topological polar surface area (TPSA) is 499 Å². The Kier molecular flexibility index (Phi) is 16.9. The number of phosphoric ester groups is 2. The zero-order chi connectivity index (χ0) is 54.5. The summed E-state index contributed by atoms with van der Waals surface area (Å²) in [5.41, 5.74) is 9.43. The van der Waals surface area contributed by atoms with Crippen molar-refractivity contribution in [3.63, 3.8) is 0 Å². The molecule has 0 radical (unpaired) electrons. The van der Waals surface area contributed by atoms with E-state index in [2.05, 4.69) is 45.8 Å². The number of hydrogen-bond donors (Lipinski definition) is 10. The Hall–Kier alpha value is -4.23. The third-order valence-electron chi connectivity index (χ3n) is 11.8. The van der Waals surface area contributed by atoms with Gasteiger partial charge >= 0.3 is 33.7 Å². The lowest BCUT2D eigenvalue weighted by Gasteiger charge is -2.31. The lowest BCUT2D eigenvalue weighted by molar-refractivity contribution is -0.646. The number of fused-ring (bicyclic) bond motifs is 2. The molecule has 0 aliphatic carbocycles. The molecule has 3 fully saturated rings. The molecular formula is C34H48N12O24P4S. The number of nitrogens with two attached hydrogens (primary N) is 2. The molecule has 5 unspecified atom stereocenters. The number of aliphatic hydroxyl groups excluding tert-OH is 3. The minimum absolute atomic E-state index is 0.00539. The third kappa shape index (κ3) is 12.4. The predicted octanol–water partition coefficient (Wildman–Crippen LogP) is -3.28. The highest BCUT2D eigenvalue weighted by molar-refractivity contribution is 8.45. The fourth-order valence-electron chi connectivity index (χ4n) is 8.48. The normalized spacial score (nSPS) is 30.4. The largest absolute Gasteiger partial charge is 0.756 e. The first-order chi connectivity index (χ1) is 35.2. The van der Waals surface area contributed by atoms with E-state index in [1.807, 2.05) is 4.98 Å². The van der Waals surface area contributed by atoms with Crippen LogP contribution in [0.1, 0.15) is 25.1 Å². The molecule has 0 amide bonds. The van der Waals surface area contributed by atoms with Crippen molar-refractivity contribution in [3.8, 4) is 0 Å². The van der Waals surface area contributed by atoms with E-state index in [1.165, 1.54) is 34.2 Å². The number of methoxy groups -OCH3 is 2. The maximum atomic E-state index is 13.6. The van der Waals surface area contributed by atoms with Gasteiger partial charge in [0.25, 0.3) is 24.5 Å². The van der Waals surface area contributed by atoms with Crippen molar-refractivity contribution < 1.29 is 103 Å². The second-order valence-electron chi connectivity index (χ2n) is 16.6. The average molecular weight is 1160 g/mol. The first kappa shape index (κ1) is 57.0. The van der Waals surface area contributed by atoms with Gasteiger partial charge in [0.2, 0.25) is 18.5 Å². The van der Waals surface area contributed by atoms with Crippen LogP contribution in [-0.2, 0) is 75.7 Å². The summed E-state index contributed by atoms with van der Waals surface area (Å²) in [6.07, 6.45) is -12.9. The summed E-state index contributed by atoms with van der Waals surface area (Å²) >= 11 is 3.69. The minimum atomic E-state index is -6.01. The fraction of sp³-hybridized carbons (Fsp3) is 0.588. The van der Waals surface area contributed by atoms with Crippen LogP contribution in [0.15, 0.2) is 45.6 Å². The first-order valence-corrected chi connectivity index (χ1v) is 28.7. The molecule has 0 spiro atoms. The van der Waals surface area contributed by atoms with Gasteiger partial charge in [0.15, 0.2) is 23.9 Å². The van der Waals surface area contributed by atoms with Crippen LogP contribution in [0.4, 0.5) is 11.8 Å². The Labute approximate surface area is 423 Å². The zero-order valence-electron chi connectivity index (χ0n) is 38.8. The van der Waals surface area contributed by atoms with Crippen molar-refractivity contribution in [3.05, 3.63) is 62.4 Å². The highest BCUT2D eigenvalue weighted by atomic mass is 32.7. The molecule has 5 aromatic heterocycles. The number of nitrogens with zero attached hydrogens (tertiary/aromatic N) is 8. The number of aromatic amines is 2. The Morgan fingerprint density at radius 3 is 2.20 bits per heavy atom. The summed E-state index contributed by atoms with van der Waals surface area (Å²) in [5.74, 6) is -1.24. The highest BCUT2D eigenvalue weighted by Gasteiger charge is 2.53. The van der Waals surface area contributed by atoms with Crippen molar-refractivity contribution in [1.82, 2.24) is 43.6 Å². The van der Waals surface area contributed by atoms with E-state index in [0.29, 0.717) is 0 Å². The fourth-order valence-corrected chi connectivity index (χ4v) is 14.0. The summed E-state index contributed by atoms with van der Waals surface area (Å²) in [5, 5.41) is 32.7. The monoisotopic (exact) mass is 1160 g/mol. The minimum Gasteiger partial charge on any atom is -0.756 e. The van der Waals surface area contributed by atoms with Gasteiger partial charge in [-0.1, -0.05) is 12.2 Å². The molecular weight excluding hydrogens is 1120 g/mol. The number of nitrogen functional groups attached to an aromatic ring is 2. The number of hydrogen-bond acceptors (Lipinski definition) is 28. The van der Waals surface area contributed by atoms with E-state index in [-0.39, 0.29) is 47.1 Å². The van der Waals surface area contributed by atoms with E-state index >= 15 is 0 Å². The van der Waals surface area contributed by atoms with Gasteiger partial charge in [-0.15, -0.1) is 0 Å². The number of thiol groups is 1. The van der Waals surface area contributed by atoms with Crippen molar-refractivity contribution in [2.24, 2.45) is 13.0 Å². The smallest absolute Gasteiger partial charge is 0.488 e. The van der Waals surface area contributed by atoms with Crippen LogP contribution < -0.4 is 37.7 Å². The Morgan fingerprint density at radius 2 is 1.49 bits per heavy atom. The van der Waals surface area contributed by atoms with Crippen LogP contribution in [0.3, 0.4) is 0 Å². The van der Waals surface area contributed by atoms with Crippen molar-refractivity contribution >= 4 is 76.6 Å². The Balaban J connectivity index is 0.942. The number of phosphoric acid groups is 3. The summed E-state index contributed by atoms with van der Waals surface area (Å²) in [6, 6.07) is 0.927. The molecule has 75 heavy (non-hydrogen) atoms. The van der Waals surface area contributed by atoms with E-state index in [0.717, 1.165) is 36.6 Å². The number of H-pyrrole nitrogens is 2. The second kappa shape index (κ2) is 22.3. The van der Waals surface area contributed by atoms with Gasteiger partial charge in [-0.2, -0.15) is 18.2 Å². The number of aromatic nitrogens is 10. The van der Waals surface area contributed by atoms with E-state index in [1.54, 1.807) is 0 Å². The van der Waals surface area contributed by atoms with Gasteiger partial charge in [0, 0.05) is 39.0 Å². The lowest BCUT2D eigenvalue weighted by Crippen LogP contribution is -2.39. The van der Waals surface area contributed by atoms with E-state index < -0.39 is 140 Å². The number of nitrogens with one attached hydrogen (secondary N) is 2. The maximum absolute atomic E-state index is 13.6. The van der Waals surface area contributed by atoms with Crippen LogP contribution in [0.25, 0.3) is 22.3 Å². The quantitative estimate of drug-likeness (QED) is 0.0185. The molecule has 3 aliphatic rings. The molecule has 414 valence electrons. The molecule has 11 N–H and O–H groups in total. The van der Waals surface area contributed by atoms with Gasteiger partial charge in [-0.3, -0.25) is 42.3 Å². The van der Waals surface area contributed by atoms with Crippen molar-refractivity contribution in [2.75, 3.05) is 52.1 Å². The molecule has 0 bridgehead atoms. The molecule has 0 aromatic carbocycles. The van der Waals surface area contributed by atoms with Crippen LogP contribution >= 0.6 is 42.5 Å². The molecule has 3 aliphatic heterocycles. The van der Waals surface area contributed by atoms with Gasteiger partial charge in [0.05, 0.1) is 39.3 Å². The first-order valence-electron chi connectivity index (χ1n) is 21.6. The van der Waals surface area contributed by atoms with Crippen LogP contribution in [-0.4, -0.2) is 158 Å². The molecule has 16 atom stereocenters. The maximum Gasteiger partial charge on any atom is 0.488 e. The van der Waals surface area contributed by atoms with Crippen molar-refractivity contribution in [1.29, 1.82) is 0 Å². The van der Waals surface area contributed by atoms with E-state index in [4.69, 9.17) is 53.2 Å². The summed E-state index contributed by atoms with van der Waals surface area (Å²) < 4.78 is 116. The molecule has 8 rings (SSSR count). The van der Waals surface area contributed by atoms with Gasteiger partial charge in [0.1, 0.15) is 54.6 Å². The number of anilines is 2. The zero-order valence-corrected chi connectivity index (χ0v) is 43.3. The number of aliphatic hydroxyl groups is 3. The number of imidazole rings is 2. The number of ether oxygens (including phenoxy) is 5. The Bertz CT molecular complexity index is 3290. The van der Waals surface area contributed by atoms with Crippen LogP contribution in [0.2, 0.25) is 0 Å². The molecule has 8 heterocycles. The summed E-state index contributed by atoms with van der Waals surface area (Å²) in [4.78, 5) is 91.7.